The summed E-state index contributed by atoms with van der Waals surface area (Å²) < 4.78 is 1.72. The van der Waals surface area contributed by atoms with E-state index in [0.717, 1.165) is 0 Å². The summed E-state index contributed by atoms with van der Waals surface area (Å²) in [5.74, 6) is -0.204. The third kappa shape index (κ3) is 2.63. The molecule has 2 N–H and O–H groups in total. The van der Waals surface area contributed by atoms with Crippen LogP contribution in [0.3, 0.4) is 0 Å². The van der Waals surface area contributed by atoms with E-state index in [9.17, 15) is 4.79 Å². The Bertz CT molecular complexity index is 635. The summed E-state index contributed by atoms with van der Waals surface area (Å²) in [7, 11) is 3.49. The number of aromatic nitrogens is 2. The quantitative estimate of drug-likeness (QED) is 0.858. The second kappa shape index (κ2) is 5.19. The van der Waals surface area contributed by atoms with E-state index in [4.69, 9.17) is 18.0 Å². The van der Waals surface area contributed by atoms with Gasteiger partial charge in [0.05, 0.1) is 12.0 Å². The molecule has 0 spiro atoms. The Labute approximate surface area is 116 Å². The second-order valence-corrected chi connectivity index (χ2v) is 4.61. The molecular weight excluding hydrogens is 260 g/mol. The van der Waals surface area contributed by atoms with Gasteiger partial charge in [-0.15, -0.1) is 0 Å². The number of para-hydroxylation sites is 1. The Hall–Kier alpha value is -2.21. The average Bonchev–Trinajstić information content (AvgIpc) is 2.83. The van der Waals surface area contributed by atoms with Gasteiger partial charge in [-0.25, -0.2) is 4.98 Å². The van der Waals surface area contributed by atoms with Crippen LogP contribution in [0, 0.1) is 0 Å². The minimum atomic E-state index is -0.204. The molecule has 0 radical (unpaired) electrons. The molecule has 0 saturated carbocycles. The van der Waals surface area contributed by atoms with E-state index in [0.29, 0.717) is 16.9 Å². The van der Waals surface area contributed by atoms with E-state index in [1.807, 2.05) is 19.2 Å². The molecule has 2 aromatic rings. The molecule has 6 heteroatoms. The summed E-state index contributed by atoms with van der Waals surface area (Å²) in [6, 6.07) is 7.26. The maximum absolute atomic E-state index is 12.3. The molecule has 0 saturated heterocycles. The topological polar surface area (TPSA) is 64.2 Å². The minimum absolute atomic E-state index is 0.204. The predicted molar refractivity (Wildman–Crippen MR) is 78.3 cm³/mol. The van der Waals surface area contributed by atoms with Crippen LogP contribution in [0.15, 0.2) is 36.8 Å². The van der Waals surface area contributed by atoms with Crippen molar-refractivity contribution in [3.63, 3.8) is 0 Å². The van der Waals surface area contributed by atoms with Crippen molar-refractivity contribution >= 4 is 28.8 Å². The zero-order valence-electron chi connectivity index (χ0n) is 10.7. The highest BCUT2D eigenvalue weighted by atomic mass is 32.1. The maximum Gasteiger partial charge on any atom is 0.278 e. The van der Waals surface area contributed by atoms with Crippen molar-refractivity contribution in [2.45, 2.75) is 0 Å². The first-order valence-electron chi connectivity index (χ1n) is 5.65. The molecule has 1 amide bonds. The Kier molecular flexibility index (Phi) is 3.62. The Morgan fingerprint density at radius 3 is 2.68 bits per heavy atom. The number of aryl methyl sites for hydroxylation is 1. The number of imidazole rings is 1. The summed E-state index contributed by atoms with van der Waals surface area (Å²) in [6.45, 7) is 0. The molecule has 1 heterocycles. The van der Waals surface area contributed by atoms with Crippen LogP contribution in [-0.2, 0) is 7.05 Å². The molecule has 1 aromatic heterocycles. The van der Waals surface area contributed by atoms with Crippen molar-refractivity contribution in [1.82, 2.24) is 9.55 Å². The van der Waals surface area contributed by atoms with Crippen LogP contribution in [0.1, 0.15) is 16.1 Å². The number of hydrogen-bond donors (Lipinski definition) is 1. The van der Waals surface area contributed by atoms with Gasteiger partial charge in [-0.3, -0.25) is 4.79 Å². The average molecular weight is 274 g/mol. The first kappa shape index (κ1) is 13.2. The highest BCUT2D eigenvalue weighted by Crippen LogP contribution is 2.20. The summed E-state index contributed by atoms with van der Waals surface area (Å²) >= 11 is 5.00. The van der Waals surface area contributed by atoms with Crippen LogP contribution >= 0.6 is 12.2 Å². The Balaban J connectivity index is 2.37. The van der Waals surface area contributed by atoms with Gasteiger partial charge in [0.2, 0.25) is 0 Å². The number of carbonyl (C=O) groups is 1. The van der Waals surface area contributed by atoms with Crippen LogP contribution in [0.4, 0.5) is 5.69 Å². The lowest BCUT2D eigenvalue weighted by molar-refractivity contribution is 0.0988. The molecular formula is C13H14N4OS. The number of nitrogens with two attached hydrogens (primary N) is 1. The van der Waals surface area contributed by atoms with E-state index < -0.39 is 0 Å². The Morgan fingerprint density at radius 2 is 2.11 bits per heavy atom. The Morgan fingerprint density at radius 1 is 1.42 bits per heavy atom. The van der Waals surface area contributed by atoms with Gasteiger partial charge in [-0.05, 0) is 12.1 Å². The molecule has 0 bridgehead atoms. The van der Waals surface area contributed by atoms with Crippen LogP contribution in [-0.4, -0.2) is 27.5 Å². The van der Waals surface area contributed by atoms with Crippen LogP contribution in [0.5, 0.6) is 0 Å². The van der Waals surface area contributed by atoms with Crippen LogP contribution < -0.4 is 10.6 Å². The van der Waals surface area contributed by atoms with Gasteiger partial charge in [0, 0.05) is 25.9 Å². The molecule has 0 atom stereocenters. The maximum atomic E-state index is 12.3. The summed E-state index contributed by atoms with van der Waals surface area (Å²) in [5, 5.41) is 0. The molecule has 1 aromatic carbocycles. The van der Waals surface area contributed by atoms with Crippen molar-refractivity contribution in [2.24, 2.45) is 12.8 Å². The van der Waals surface area contributed by atoms with E-state index >= 15 is 0 Å². The lowest BCUT2D eigenvalue weighted by Gasteiger charge is -2.19. The largest absolute Gasteiger partial charge is 0.389 e. The SMILES string of the molecule is CN(C(=O)c1cn(C)cn1)c1ccccc1C(N)=S. The van der Waals surface area contributed by atoms with Gasteiger partial charge in [-0.1, -0.05) is 24.4 Å². The van der Waals surface area contributed by atoms with Crippen molar-refractivity contribution in [3.05, 3.63) is 48.0 Å². The molecule has 0 aliphatic rings. The number of benzene rings is 1. The fourth-order valence-electron chi connectivity index (χ4n) is 1.78. The number of nitrogens with zero attached hydrogens (tertiary/aromatic N) is 3. The van der Waals surface area contributed by atoms with Crippen LogP contribution in [0.25, 0.3) is 0 Å². The molecule has 0 fully saturated rings. The number of thiocarbonyl (C=S) groups is 1. The predicted octanol–water partition coefficient (Wildman–Crippen LogP) is 1.33. The molecule has 0 unspecified atom stereocenters. The third-order valence-electron chi connectivity index (χ3n) is 2.76. The van der Waals surface area contributed by atoms with E-state index in [1.54, 1.807) is 36.3 Å². The number of rotatable bonds is 3. The van der Waals surface area contributed by atoms with Crippen LogP contribution in [0.2, 0.25) is 0 Å². The standard InChI is InChI=1S/C13H14N4OS/c1-16-7-10(15-8-16)13(18)17(2)11-6-4-3-5-9(11)12(14)19/h3-8H,1-2H3,(H2,14,19). The third-order valence-corrected chi connectivity index (χ3v) is 2.98. The normalized spacial score (nSPS) is 10.2. The fraction of sp³-hybridized carbons (Fsp3) is 0.154. The zero-order valence-corrected chi connectivity index (χ0v) is 11.5. The van der Waals surface area contributed by atoms with E-state index in [1.165, 1.54) is 4.90 Å². The second-order valence-electron chi connectivity index (χ2n) is 4.17. The van der Waals surface area contributed by atoms with Gasteiger partial charge in [0.25, 0.3) is 5.91 Å². The number of anilines is 1. The summed E-state index contributed by atoms with van der Waals surface area (Å²) in [5.41, 5.74) is 7.39. The van der Waals surface area contributed by atoms with Crippen molar-refractivity contribution in [3.8, 4) is 0 Å². The number of hydrogen-bond acceptors (Lipinski definition) is 3. The summed E-state index contributed by atoms with van der Waals surface area (Å²) in [4.78, 5) is 18.1. The van der Waals surface area contributed by atoms with Gasteiger partial charge < -0.3 is 15.2 Å². The molecule has 19 heavy (non-hydrogen) atoms. The molecule has 5 nitrogen and oxygen atoms in total. The van der Waals surface area contributed by atoms with Crippen molar-refractivity contribution < 1.29 is 4.79 Å². The van der Waals surface area contributed by atoms with E-state index in [-0.39, 0.29) is 10.9 Å². The first-order valence-corrected chi connectivity index (χ1v) is 6.06. The highest BCUT2D eigenvalue weighted by Gasteiger charge is 2.18. The zero-order chi connectivity index (χ0) is 14.0. The number of carbonyl (C=O) groups excluding carboxylic acids is 1. The monoisotopic (exact) mass is 274 g/mol. The first-order chi connectivity index (χ1) is 9.00. The van der Waals surface area contributed by atoms with Crippen molar-refractivity contribution in [2.75, 3.05) is 11.9 Å². The lowest BCUT2D eigenvalue weighted by atomic mass is 10.1. The highest BCUT2D eigenvalue weighted by molar-refractivity contribution is 7.80. The summed E-state index contributed by atoms with van der Waals surface area (Å²) in [6.07, 6.45) is 3.25. The van der Waals surface area contributed by atoms with Gasteiger partial charge in [0.15, 0.2) is 0 Å². The van der Waals surface area contributed by atoms with Gasteiger partial charge >= 0.3 is 0 Å². The number of amides is 1. The minimum Gasteiger partial charge on any atom is -0.389 e. The fourth-order valence-corrected chi connectivity index (χ4v) is 1.95. The smallest absolute Gasteiger partial charge is 0.278 e. The molecule has 0 aliphatic carbocycles. The molecule has 0 aliphatic heterocycles. The molecule has 98 valence electrons. The van der Waals surface area contributed by atoms with Gasteiger partial charge in [0.1, 0.15) is 10.7 Å². The van der Waals surface area contributed by atoms with Crippen molar-refractivity contribution in [1.29, 1.82) is 0 Å². The van der Waals surface area contributed by atoms with E-state index in [2.05, 4.69) is 4.98 Å². The lowest BCUT2D eigenvalue weighted by Crippen LogP contribution is -2.29. The molecule has 2 rings (SSSR count). The van der Waals surface area contributed by atoms with Gasteiger partial charge in [-0.2, -0.15) is 0 Å².